The largest absolute Gasteiger partial charge is 0.497 e. The van der Waals surface area contributed by atoms with Gasteiger partial charge in [0.2, 0.25) is 0 Å². The van der Waals surface area contributed by atoms with Gasteiger partial charge in [0.15, 0.2) is 5.96 Å². The number of nitrogens with one attached hydrogen (secondary N) is 1. The average molecular weight is 564 g/mol. The van der Waals surface area contributed by atoms with Gasteiger partial charge in [-0.2, -0.15) is 0 Å². The lowest BCUT2D eigenvalue weighted by Crippen LogP contribution is -2.53. The van der Waals surface area contributed by atoms with E-state index in [-0.39, 0.29) is 24.0 Å². The summed E-state index contributed by atoms with van der Waals surface area (Å²) in [5.41, 5.74) is 2.69. The van der Waals surface area contributed by atoms with Gasteiger partial charge in [-0.15, -0.1) is 24.0 Å². The van der Waals surface area contributed by atoms with Crippen LogP contribution in [0.2, 0.25) is 0 Å². The maximum Gasteiger partial charge on any atom is 0.193 e. The number of aliphatic imine (C=N–C) groups is 1. The summed E-state index contributed by atoms with van der Waals surface area (Å²) in [4.78, 5) is 12.0. The van der Waals surface area contributed by atoms with E-state index in [0.717, 1.165) is 57.4 Å². The zero-order valence-electron chi connectivity index (χ0n) is 19.9. The maximum atomic E-state index is 5.28. The van der Waals surface area contributed by atoms with Crippen molar-refractivity contribution in [1.29, 1.82) is 0 Å². The van der Waals surface area contributed by atoms with E-state index in [9.17, 15) is 0 Å². The summed E-state index contributed by atoms with van der Waals surface area (Å²) in [5.74, 6) is 2.65. The topological polar surface area (TPSA) is 43.3 Å². The second-order valence-corrected chi connectivity index (χ2v) is 8.79. The number of hydrogen-bond acceptors (Lipinski definition) is 4. The minimum Gasteiger partial charge on any atom is -0.497 e. The van der Waals surface area contributed by atoms with Crippen molar-refractivity contribution in [2.75, 3.05) is 71.4 Å². The third-order valence-electron chi connectivity index (χ3n) is 6.71. The van der Waals surface area contributed by atoms with E-state index < -0.39 is 0 Å². The van der Waals surface area contributed by atoms with Crippen LogP contribution in [0.25, 0.3) is 0 Å². The molecule has 2 aliphatic rings. The van der Waals surface area contributed by atoms with E-state index in [1.807, 2.05) is 19.2 Å². The maximum absolute atomic E-state index is 5.28. The third-order valence-corrected chi connectivity index (χ3v) is 6.71. The van der Waals surface area contributed by atoms with Crippen LogP contribution in [0, 0.1) is 5.92 Å². The number of ether oxygens (including phenoxy) is 1. The highest BCUT2D eigenvalue weighted by molar-refractivity contribution is 14.0. The number of likely N-dealkylation sites (tertiary alicyclic amines) is 1. The predicted octanol–water partition coefficient (Wildman–Crippen LogP) is 3.58. The number of methoxy groups -OCH3 is 1. The highest BCUT2D eigenvalue weighted by Gasteiger charge is 2.24. The van der Waals surface area contributed by atoms with Crippen molar-refractivity contribution in [3.05, 3.63) is 60.2 Å². The van der Waals surface area contributed by atoms with Gasteiger partial charge in [-0.1, -0.05) is 30.3 Å². The van der Waals surface area contributed by atoms with Crippen molar-refractivity contribution in [3.63, 3.8) is 0 Å². The van der Waals surface area contributed by atoms with Gasteiger partial charge in [0.1, 0.15) is 5.75 Å². The fourth-order valence-electron chi connectivity index (χ4n) is 4.75. The molecule has 1 N–H and O–H groups in total. The second kappa shape index (κ2) is 13.0. The predicted molar refractivity (Wildman–Crippen MR) is 148 cm³/mol. The molecule has 6 nitrogen and oxygen atoms in total. The van der Waals surface area contributed by atoms with E-state index in [1.165, 1.54) is 30.8 Å². The minimum absolute atomic E-state index is 0. The molecular formula is C26H38IN5O. The fourth-order valence-corrected chi connectivity index (χ4v) is 4.75. The summed E-state index contributed by atoms with van der Waals surface area (Å²) in [6, 6.07) is 19.2. The van der Waals surface area contributed by atoms with E-state index in [1.54, 1.807) is 7.11 Å². The van der Waals surface area contributed by atoms with Crippen LogP contribution < -0.4 is 15.0 Å². The molecule has 0 aliphatic carbocycles. The molecule has 2 aromatic rings. The number of hydrogen-bond donors (Lipinski definition) is 1. The smallest absolute Gasteiger partial charge is 0.193 e. The van der Waals surface area contributed by atoms with Gasteiger partial charge in [-0.05, 0) is 55.1 Å². The van der Waals surface area contributed by atoms with Gasteiger partial charge in [0.05, 0.1) is 7.11 Å². The van der Waals surface area contributed by atoms with Crippen LogP contribution in [-0.4, -0.2) is 82.3 Å². The molecule has 0 bridgehead atoms. The summed E-state index contributed by atoms with van der Waals surface area (Å²) in [6.45, 7) is 8.53. The van der Waals surface area contributed by atoms with Gasteiger partial charge >= 0.3 is 0 Å². The molecule has 0 aromatic heterocycles. The monoisotopic (exact) mass is 563 g/mol. The molecule has 0 radical (unpaired) electrons. The van der Waals surface area contributed by atoms with Crippen LogP contribution in [0.1, 0.15) is 12.0 Å². The lowest BCUT2D eigenvalue weighted by Gasteiger charge is -2.38. The van der Waals surface area contributed by atoms with Gasteiger partial charge in [-0.3, -0.25) is 4.99 Å². The number of nitrogens with zero attached hydrogens (tertiary/aromatic N) is 4. The molecule has 2 aromatic carbocycles. The molecule has 2 aliphatic heterocycles. The Bertz CT molecular complexity index is 853. The minimum atomic E-state index is 0. The summed E-state index contributed by atoms with van der Waals surface area (Å²) >= 11 is 0. The molecule has 7 heteroatoms. The fraction of sp³-hybridized carbons (Fsp3) is 0.500. The van der Waals surface area contributed by atoms with Crippen molar-refractivity contribution in [3.8, 4) is 5.75 Å². The Kier molecular flexibility index (Phi) is 10.1. The zero-order valence-corrected chi connectivity index (χ0v) is 22.3. The molecule has 1 unspecified atom stereocenters. The summed E-state index contributed by atoms with van der Waals surface area (Å²) in [5, 5.41) is 3.66. The molecule has 33 heavy (non-hydrogen) atoms. The van der Waals surface area contributed by atoms with Gasteiger partial charge < -0.3 is 24.8 Å². The first-order chi connectivity index (χ1) is 15.7. The van der Waals surface area contributed by atoms with Crippen LogP contribution in [0.15, 0.2) is 59.6 Å². The molecule has 0 amide bonds. The molecule has 2 heterocycles. The first-order valence-electron chi connectivity index (χ1n) is 11.9. The summed E-state index contributed by atoms with van der Waals surface area (Å²) in [6.07, 6.45) is 2.41. The van der Waals surface area contributed by atoms with E-state index in [4.69, 9.17) is 4.74 Å². The van der Waals surface area contributed by atoms with Crippen LogP contribution in [0.3, 0.4) is 0 Å². The first kappa shape index (κ1) is 25.6. The van der Waals surface area contributed by atoms with Crippen molar-refractivity contribution in [1.82, 2.24) is 15.1 Å². The molecule has 2 saturated heterocycles. The molecule has 4 rings (SSSR count). The van der Waals surface area contributed by atoms with Gasteiger partial charge in [0, 0.05) is 58.5 Å². The summed E-state index contributed by atoms with van der Waals surface area (Å²) in [7, 11) is 3.61. The van der Waals surface area contributed by atoms with Crippen LogP contribution in [-0.2, 0) is 6.42 Å². The Hall–Kier alpha value is -2.00. The quantitative estimate of drug-likeness (QED) is 0.317. The molecule has 2 fully saturated rings. The zero-order chi connectivity index (χ0) is 22.2. The third kappa shape index (κ3) is 7.24. The Morgan fingerprint density at radius 2 is 1.73 bits per heavy atom. The number of anilines is 1. The Labute approximate surface area is 216 Å². The van der Waals surface area contributed by atoms with Crippen molar-refractivity contribution in [2.45, 2.75) is 12.8 Å². The van der Waals surface area contributed by atoms with Crippen LogP contribution in [0.5, 0.6) is 5.75 Å². The Morgan fingerprint density at radius 1 is 1.00 bits per heavy atom. The molecule has 1 atom stereocenters. The lowest BCUT2D eigenvalue weighted by atomic mass is 10.1. The normalized spacial score (nSPS) is 19.3. The highest BCUT2D eigenvalue weighted by Crippen LogP contribution is 2.21. The second-order valence-electron chi connectivity index (χ2n) is 8.79. The first-order valence-corrected chi connectivity index (χ1v) is 11.9. The molecule has 180 valence electrons. The number of guanidine groups is 1. The Morgan fingerprint density at radius 3 is 2.39 bits per heavy atom. The molecule has 0 saturated carbocycles. The average Bonchev–Trinajstić information content (AvgIpc) is 3.32. The van der Waals surface area contributed by atoms with E-state index in [2.05, 4.69) is 67.5 Å². The lowest BCUT2D eigenvalue weighted by molar-refractivity contribution is 0.325. The number of benzene rings is 2. The SMILES string of the molecule is CN=C(NCC1CCN(CCc2ccccc2)C1)N1CCN(c2ccc(OC)cc2)CC1.I. The number of halogens is 1. The van der Waals surface area contributed by atoms with Crippen LogP contribution >= 0.6 is 24.0 Å². The number of piperazine rings is 1. The van der Waals surface area contributed by atoms with Gasteiger partial charge in [-0.25, -0.2) is 0 Å². The number of rotatable bonds is 7. The molecule has 0 spiro atoms. The Balaban J connectivity index is 0.00000306. The summed E-state index contributed by atoms with van der Waals surface area (Å²) < 4.78 is 5.28. The van der Waals surface area contributed by atoms with Gasteiger partial charge in [0.25, 0.3) is 0 Å². The van der Waals surface area contributed by atoms with Crippen molar-refractivity contribution < 1.29 is 4.74 Å². The molecular weight excluding hydrogens is 525 g/mol. The standard InChI is InChI=1S/C26H37N5O.HI/c1-27-26(31-18-16-30(17-19-31)24-8-10-25(32-2)11-9-24)28-20-23-13-15-29(21-23)14-12-22-6-4-3-5-7-22;/h3-11,23H,12-21H2,1-2H3,(H,27,28);1H. The van der Waals surface area contributed by atoms with Crippen molar-refractivity contribution in [2.24, 2.45) is 10.9 Å². The van der Waals surface area contributed by atoms with E-state index >= 15 is 0 Å². The highest BCUT2D eigenvalue weighted by atomic mass is 127. The van der Waals surface area contributed by atoms with Crippen LogP contribution in [0.4, 0.5) is 5.69 Å². The van der Waals surface area contributed by atoms with E-state index in [0.29, 0.717) is 5.92 Å². The van der Waals surface area contributed by atoms with Crippen molar-refractivity contribution >= 4 is 35.6 Å².